The van der Waals surface area contributed by atoms with Gasteiger partial charge in [-0.1, -0.05) is 17.7 Å². The van der Waals surface area contributed by atoms with Gasteiger partial charge in [0, 0.05) is 37.1 Å². The highest BCUT2D eigenvalue weighted by Gasteiger charge is 2.43. The van der Waals surface area contributed by atoms with Crippen molar-refractivity contribution in [1.29, 1.82) is 0 Å². The molecule has 2 fully saturated rings. The number of nitrogens with zero attached hydrogens (tertiary/aromatic N) is 2. The molecule has 1 aliphatic carbocycles. The highest BCUT2D eigenvalue weighted by Crippen LogP contribution is 2.35. The Morgan fingerprint density at radius 1 is 1.26 bits per heavy atom. The lowest BCUT2D eigenvalue weighted by Gasteiger charge is -2.31. The average Bonchev–Trinajstić information content (AvgIpc) is 3.18. The zero-order chi connectivity index (χ0) is 22.4. The van der Waals surface area contributed by atoms with Crippen LogP contribution in [0.3, 0.4) is 0 Å². The van der Waals surface area contributed by atoms with Gasteiger partial charge in [0.15, 0.2) is 0 Å². The summed E-state index contributed by atoms with van der Waals surface area (Å²) < 4.78 is 43.5. The van der Waals surface area contributed by atoms with Crippen molar-refractivity contribution in [3.8, 4) is 0 Å². The summed E-state index contributed by atoms with van der Waals surface area (Å²) in [6.07, 6.45) is 4.03. The Morgan fingerprint density at radius 2 is 1.97 bits per heavy atom. The van der Waals surface area contributed by atoms with E-state index in [2.05, 4.69) is 5.32 Å². The molecule has 1 aromatic carbocycles. The van der Waals surface area contributed by atoms with Crippen LogP contribution in [0.15, 0.2) is 24.4 Å². The van der Waals surface area contributed by atoms with Gasteiger partial charge in [-0.2, -0.15) is 0 Å². The SMILES string of the molecule is CN1CC(F)(F)C[C@H]1Cn1cc(C(=O)NCC2CCC(C)(F)CC2)c2c(Cl)cccc21. The van der Waals surface area contributed by atoms with Crippen molar-refractivity contribution in [1.82, 2.24) is 14.8 Å². The van der Waals surface area contributed by atoms with Crippen molar-refractivity contribution < 1.29 is 18.0 Å². The fourth-order valence-electron chi connectivity index (χ4n) is 4.94. The van der Waals surface area contributed by atoms with E-state index < -0.39 is 11.6 Å². The number of nitrogens with one attached hydrogen (secondary N) is 1. The van der Waals surface area contributed by atoms with E-state index in [0.29, 0.717) is 41.9 Å². The van der Waals surface area contributed by atoms with E-state index in [0.717, 1.165) is 18.4 Å². The molecule has 2 aliphatic rings. The second-order valence-electron chi connectivity index (χ2n) is 9.52. The minimum atomic E-state index is -2.70. The van der Waals surface area contributed by atoms with Crippen LogP contribution >= 0.6 is 11.6 Å². The number of fused-ring (bicyclic) bond motifs is 1. The molecule has 0 unspecified atom stereocenters. The number of alkyl halides is 3. The Kier molecular flexibility index (Phi) is 6.03. The molecule has 4 rings (SSSR count). The van der Waals surface area contributed by atoms with Crippen LogP contribution in [0.1, 0.15) is 49.4 Å². The summed E-state index contributed by atoms with van der Waals surface area (Å²) in [6, 6.07) is 5.06. The standard InChI is InChI=1S/C23H29ClF3N3O/c1-22(25)8-6-15(7-9-22)11-28-21(31)17-13-30(19-5-3-4-18(24)20(17)19)12-16-10-23(26,27)14-29(16)2/h3-5,13,15-16H,6-12,14H2,1-2H3,(H,28,31)/t15?,16-,22?/m0/s1. The molecule has 31 heavy (non-hydrogen) atoms. The van der Waals surface area contributed by atoms with E-state index in [1.807, 2.05) is 10.6 Å². The summed E-state index contributed by atoms with van der Waals surface area (Å²) in [5.74, 6) is -2.68. The van der Waals surface area contributed by atoms with Crippen LogP contribution in [-0.4, -0.2) is 53.1 Å². The van der Waals surface area contributed by atoms with Crippen molar-refractivity contribution in [2.75, 3.05) is 20.1 Å². The van der Waals surface area contributed by atoms with Gasteiger partial charge >= 0.3 is 0 Å². The lowest BCUT2D eigenvalue weighted by molar-refractivity contribution is 0.0139. The number of aromatic nitrogens is 1. The fraction of sp³-hybridized carbons (Fsp3) is 0.609. The summed E-state index contributed by atoms with van der Waals surface area (Å²) >= 11 is 6.43. The fourth-order valence-corrected chi connectivity index (χ4v) is 5.21. The van der Waals surface area contributed by atoms with Crippen LogP contribution in [0.4, 0.5) is 13.2 Å². The highest BCUT2D eigenvalue weighted by molar-refractivity contribution is 6.36. The minimum absolute atomic E-state index is 0.208. The van der Waals surface area contributed by atoms with E-state index >= 15 is 0 Å². The number of carbonyl (C=O) groups is 1. The molecule has 8 heteroatoms. The predicted octanol–water partition coefficient (Wildman–Crippen LogP) is 5.28. The number of likely N-dealkylation sites (tertiary alicyclic amines) is 1. The zero-order valence-electron chi connectivity index (χ0n) is 17.9. The second-order valence-corrected chi connectivity index (χ2v) is 9.93. The number of likely N-dealkylation sites (N-methyl/N-ethyl adjacent to an activating group) is 1. The molecule has 170 valence electrons. The molecular weight excluding hydrogens is 427 g/mol. The van der Waals surface area contributed by atoms with Crippen molar-refractivity contribution in [3.63, 3.8) is 0 Å². The van der Waals surface area contributed by atoms with Crippen molar-refractivity contribution in [2.24, 2.45) is 5.92 Å². The Bertz CT molecular complexity index is 964. The molecule has 1 saturated carbocycles. The highest BCUT2D eigenvalue weighted by atomic mass is 35.5. The first-order chi connectivity index (χ1) is 14.5. The first-order valence-corrected chi connectivity index (χ1v) is 11.2. The summed E-state index contributed by atoms with van der Waals surface area (Å²) in [4.78, 5) is 14.7. The lowest BCUT2D eigenvalue weighted by atomic mass is 9.81. The molecule has 1 amide bonds. The van der Waals surface area contributed by atoms with Gasteiger partial charge in [0.05, 0.1) is 22.6 Å². The van der Waals surface area contributed by atoms with Gasteiger partial charge < -0.3 is 9.88 Å². The third kappa shape index (κ3) is 4.87. The van der Waals surface area contributed by atoms with Gasteiger partial charge in [0.2, 0.25) is 0 Å². The molecule has 1 N–H and O–H groups in total. The number of amides is 1. The maximum absolute atomic E-state index is 14.0. The summed E-state index contributed by atoms with van der Waals surface area (Å²) in [5, 5.41) is 4.07. The van der Waals surface area contributed by atoms with Gasteiger partial charge in [0.25, 0.3) is 11.8 Å². The number of halogens is 4. The number of benzene rings is 1. The average molecular weight is 456 g/mol. The van der Waals surface area contributed by atoms with Crippen LogP contribution in [0.2, 0.25) is 5.02 Å². The third-order valence-electron chi connectivity index (χ3n) is 6.84. The molecule has 0 radical (unpaired) electrons. The Labute approximate surface area is 185 Å². The number of carbonyl (C=O) groups excluding carboxylic acids is 1. The molecule has 2 aromatic rings. The van der Waals surface area contributed by atoms with E-state index in [-0.39, 0.29) is 30.8 Å². The predicted molar refractivity (Wildman–Crippen MR) is 117 cm³/mol. The van der Waals surface area contributed by atoms with Crippen LogP contribution in [0.25, 0.3) is 10.9 Å². The minimum Gasteiger partial charge on any atom is -0.352 e. The van der Waals surface area contributed by atoms with Crippen molar-refractivity contribution >= 4 is 28.4 Å². The van der Waals surface area contributed by atoms with Gasteiger partial charge in [-0.15, -0.1) is 0 Å². The van der Waals surface area contributed by atoms with Gasteiger partial charge in [-0.05, 0) is 57.7 Å². The van der Waals surface area contributed by atoms with E-state index in [1.165, 1.54) is 0 Å². The molecule has 0 bridgehead atoms. The van der Waals surface area contributed by atoms with Crippen molar-refractivity contribution in [2.45, 2.75) is 63.2 Å². The Balaban J connectivity index is 1.52. The van der Waals surface area contributed by atoms with Crippen molar-refractivity contribution in [3.05, 3.63) is 35.0 Å². The first kappa shape index (κ1) is 22.5. The molecule has 1 aliphatic heterocycles. The van der Waals surface area contributed by atoms with Gasteiger partial charge in [-0.25, -0.2) is 13.2 Å². The molecule has 1 aromatic heterocycles. The van der Waals surface area contributed by atoms with E-state index in [4.69, 9.17) is 11.6 Å². The lowest BCUT2D eigenvalue weighted by Crippen LogP contribution is -2.34. The quantitative estimate of drug-likeness (QED) is 0.665. The smallest absolute Gasteiger partial charge is 0.262 e. The topological polar surface area (TPSA) is 37.3 Å². The normalized spacial score (nSPS) is 28.8. The van der Waals surface area contributed by atoms with Crippen LogP contribution in [0, 0.1) is 5.92 Å². The third-order valence-corrected chi connectivity index (χ3v) is 7.16. The summed E-state index contributed by atoms with van der Waals surface area (Å²) in [7, 11) is 1.70. The Morgan fingerprint density at radius 3 is 2.61 bits per heavy atom. The number of hydrogen-bond donors (Lipinski definition) is 1. The van der Waals surface area contributed by atoms with E-state index in [9.17, 15) is 18.0 Å². The van der Waals surface area contributed by atoms with Crippen LogP contribution in [0.5, 0.6) is 0 Å². The summed E-state index contributed by atoms with van der Waals surface area (Å²) in [6.45, 7) is 2.22. The molecular formula is C23H29ClF3N3O. The molecule has 4 nitrogen and oxygen atoms in total. The zero-order valence-corrected chi connectivity index (χ0v) is 18.7. The van der Waals surface area contributed by atoms with Gasteiger partial charge in [0.1, 0.15) is 5.67 Å². The second kappa shape index (κ2) is 8.32. The maximum atomic E-state index is 14.0. The molecule has 2 heterocycles. The van der Waals surface area contributed by atoms with Crippen LogP contribution < -0.4 is 5.32 Å². The monoisotopic (exact) mass is 455 g/mol. The number of hydrogen-bond acceptors (Lipinski definition) is 2. The first-order valence-electron chi connectivity index (χ1n) is 10.9. The molecule has 1 saturated heterocycles. The van der Waals surface area contributed by atoms with Gasteiger partial charge in [-0.3, -0.25) is 9.69 Å². The van der Waals surface area contributed by atoms with E-state index in [1.54, 1.807) is 37.2 Å². The molecule has 0 spiro atoms. The number of rotatable bonds is 5. The molecule has 1 atom stereocenters. The maximum Gasteiger partial charge on any atom is 0.262 e. The van der Waals surface area contributed by atoms with Crippen LogP contribution in [-0.2, 0) is 6.54 Å². The Hall–Kier alpha value is -1.73. The summed E-state index contributed by atoms with van der Waals surface area (Å²) in [5.41, 5.74) is 0.0948. The largest absolute Gasteiger partial charge is 0.352 e.